The second kappa shape index (κ2) is 14.0. The Morgan fingerprint density at radius 1 is 0.632 bits per heavy atom. The summed E-state index contributed by atoms with van der Waals surface area (Å²) in [6, 6.07) is 0. The lowest BCUT2D eigenvalue weighted by molar-refractivity contribution is -0.334. The van der Waals surface area contributed by atoms with Crippen LogP contribution in [0.5, 0.6) is 0 Å². The van der Waals surface area contributed by atoms with Gasteiger partial charge in [-0.25, -0.2) is 0 Å². The van der Waals surface area contributed by atoms with Crippen molar-refractivity contribution in [3.8, 4) is 0 Å². The summed E-state index contributed by atoms with van der Waals surface area (Å²) in [4.78, 5) is 0. The minimum Gasteiger partial charge on any atom is -0.394 e. The Hall–Kier alpha value is -0.600. The summed E-state index contributed by atoms with van der Waals surface area (Å²) in [6.07, 6.45) is -9.12. The number of fused-ring (bicyclic) bond motifs is 2. The fourth-order valence-corrected chi connectivity index (χ4v) is 15.2. The van der Waals surface area contributed by atoms with E-state index in [4.69, 9.17) is 23.7 Å². The minimum absolute atomic E-state index is 0.00759. The number of ether oxygens (including phenoxy) is 5. The number of rotatable bonds is 8. The summed E-state index contributed by atoms with van der Waals surface area (Å²) in [5.41, 5.74) is -2.99. The van der Waals surface area contributed by atoms with Crippen LogP contribution in [0.1, 0.15) is 106 Å². The van der Waals surface area contributed by atoms with E-state index in [9.17, 15) is 51.1 Å². The molecule has 3 heterocycles. The van der Waals surface area contributed by atoms with Crippen LogP contribution in [0.2, 0.25) is 0 Å². The van der Waals surface area contributed by atoms with Gasteiger partial charge >= 0.3 is 0 Å². The number of hydrogen-bond acceptors (Lipinski definition) is 15. The second-order valence-electron chi connectivity index (χ2n) is 21.5. The average Bonchev–Trinajstić information content (AvgIpc) is 3.50. The van der Waals surface area contributed by atoms with Crippen LogP contribution in [0.15, 0.2) is 0 Å². The van der Waals surface area contributed by atoms with Crippen LogP contribution in [0.3, 0.4) is 0 Å². The molecule has 5 saturated carbocycles. The van der Waals surface area contributed by atoms with Crippen LogP contribution < -0.4 is 0 Å². The summed E-state index contributed by atoms with van der Waals surface area (Å²) in [5.74, 6) is -0.133. The Morgan fingerprint density at radius 2 is 1.23 bits per heavy atom. The van der Waals surface area contributed by atoms with Gasteiger partial charge in [0.15, 0.2) is 12.6 Å². The van der Waals surface area contributed by atoms with Gasteiger partial charge in [-0.2, -0.15) is 0 Å². The Bertz CT molecular complexity index is 1510. The quantitative estimate of drug-likeness (QED) is 0.146. The van der Waals surface area contributed by atoms with Gasteiger partial charge in [-0.3, -0.25) is 0 Å². The van der Waals surface area contributed by atoms with Gasteiger partial charge in [0.05, 0.1) is 48.8 Å². The molecule has 15 heteroatoms. The van der Waals surface area contributed by atoms with Crippen molar-refractivity contribution in [3.63, 3.8) is 0 Å². The van der Waals surface area contributed by atoms with Crippen molar-refractivity contribution in [2.24, 2.45) is 44.8 Å². The van der Waals surface area contributed by atoms with Crippen LogP contribution in [0.25, 0.3) is 0 Å². The maximum Gasteiger partial charge on any atom is 0.187 e. The van der Waals surface area contributed by atoms with E-state index >= 15 is 0 Å². The van der Waals surface area contributed by atoms with E-state index in [-0.39, 0.29) is 39.4 Å². The number of hydrogen-bond donors (Lipinski definition) is 10. The van der Waals surface area contributed by atoms with Crippen LogP contribution in [0, 0.1) is 44.8 Å². The average molecular weight is 815 g/mol. The van der Waals surface area contributed by atoms with Gasteiger partial charge in [-0.1, -0.05) is 27.7 Å². The normalized spacial score (nSPS) is 58.4. The smallest absolute Gasteiger partial charge is 0.187 e. The molecular weight excluding hydrogens is 744 g/mol. The molecule has 10 N–H and O–H groups in total. The van der Waals surface area contributed by atoms with E-state index in [1.807, 2.05) is 13.8 Å². The lowest BCUT2D eigenvalue weighted by atomic mass is 9.41. The molecule has 0 aromatic rings. The molecule has 3 aliphatic heterocycles. The lowest BCUT2D eigenvalue weighted by Gasteiger charge is -2.64. The number of aliphatic hydroxyl groups is 10. The van der Waals surface area contributed by atoms with Gasteiger partial charge in [0, 0.05) is 5.92 Å². The Labute approximate surface area is 335 Å². The highest BCUT2D eigenvalue weighted by Crippen LogP contribution is 2.89. The third kappa shape index (κ3) is 5.92. The molecule has 8 rings (SSSR count). The van der Waals surface area contributed by atoms with Gasteiger partial charge in [0.2, 0.25) is 0 Å². The molecule has 22 atom stereocenters. The largest absolute Gasteiger partial charge is 0.394 e. The fraction of sp³-hybridized carbons (Fsp3) is 1.00. The maximum atomic E-state index is 12.3. The summed E-state index contributed by atoms with van der Waals surface area (Å²) < 4.78 is 31.1. The summed E-state index contributed by atoms with van der Waals surface area (Å²) >= 11 is 0. The zero-order valence-electron chi connectivity index (χ0n) is 34.6. The molecule has 0 amide bonds. The van der Waals surface area contributed by atoms with Crippen LogP contribution in [-0.2, 0) is 23.7 Å². The molecule has 3 saturated heterocycles. The van der Waals surface area contributed by atoms with Crippen molar-refractivity contribution < 1.29 is 74.7 Å². The van der Waals surface area contributed by atoms with Crippen LogP contribution in [-0.4, -0.2) is 161 Å². The third-order valence-electron chi connectivity index (χ3n) is 18.1. The van der Waals surface area contributed by atoms with E-state index in [1.165, 1.54) is 0 Å². The first-order valence-corrected chi connectivity index (χ1v) is 21.5. The molecule has 57 heavy (non-hydrogen) atoms. The van der Waals surface area contributed by atoms with Crippen molar-refractivity contribution in [3.05, 3.63) is 0 Å². The van der Waals surface area contributed by atoms with Gasteiger partial charge in [-0.05, 0) is 117 Å². The first-order valence-electron chi connectivity index (χ1n) is 21.5. The molecule has 0 radical (unpaired) electrons. The summed E-state index contributed by atoms with van der Waals surface area (Å²) in [6.45, 7) is 13.6. The van der Waals surface area contributed by atoms with Gasteiger partial charge < -0.3 is 74.7 Å². The molecular formula is C42H70O15. The van der Waals surface area contributed by atoms with E-state index in [2.05, 4.69) is 34.6 Å². The van der Waals surface area contributed by atoms with Crippen LogP contribution >= 0.6 is 0 Å². The highest BCUT2D eigenvalue weighted by molar-refractivity contribution is 5.33. The van der Waals surface area contributed by atoms with E-state index in [0.717, 1.165) is 25.7 Å². The molecule has 328 valence electrons. The Kier molecular flexibility index (Phi) is 10.5. The zero-order chi connectivity index (χ0) is 41.6. The topological polar surface area (TPSA) is 248 Å². The molecule has 15 nitrogen and oxygen atoms in total. The van der Waals surface area contributed by atoms with Crippen molar-refractivity contribution in [1.29, 1.82) is 0 Å². The lowest BCUT2D eigenvalue weighted by Crippen LogP contribution is -2.64. The van der Waals surface area contributed by atoms with Crippen molar-refractivity contribution in [2.45, 2.75) is 203 Å². The van der Waals surface area contributed by atoms with E-state index < -0.39 is 116 Å². The maximum absolute atomic E-state index is 12.3. The molecule has 0 bridgehead atoms. The van der Waals surface area contributed by atoms with Gasteiger partial charge in [0.1, 0.15) is 48.8 Å². The standard InChI is InChI=1S/C42H70O15/c1-36(2)24(55-34-30(51)28(49)26(47)21(16-43)53-34)9-11-42-18-41(42)13-12-38(5)33(20(46)15-39(38,6)23(41)14-19(45)32(36)42)40(7)10-8-25(56-40)37(3,4)57-35-31(52)29(50)27(48)22(17-44)54-35/h19-35,43-52H,8-18H2,1-7H3/t19-,20-,21+,22+,23-,24-,25-,26+,27+,28-,29-,30+,31+,32-,33-,34-,35-,38+,39-,40+,41-,42+/m0/s1. The van der Waals surface area contributed by atoms with Crippen LogP contribution in [0.4, 0.5) is 0 Å². The SMILES string of the molecule is CC(C)(O[C@@H]1O[C@H](CO)[C@@H](O)[C@H](O)[C@H]1O)[C@@H]1CC[C@](C)([C@H]2[C@@H](O)C[C@@]3(C)[C@@H]4C[C@H](O)[C@H]5C(C)(C)[C@@H](O[C@@H]6O[C@H](CO)[C@@H](O)[C@H](O)[C@H]6O)CC[C@@]56C[C@@]46CC[C@]23C)O1. The molecule has 8 aliphatic rings. The highest BCUT2D eigenvalue weighted by atomic mass is 16.7. The Balaban J connectivity index is 0.996. The molecule has 0 aromatic carbocycles. The summed E-state index contributed by atoms with van der Waals surface area (Å²) in [5, 5.41) is 107. The third-order valence-corrected chi connectivity index (χ3v) is 18.1. The predicted molar refractivity (Wildman–Crippen MR) is 200 cm³/mol. The predicted octanol–water partition coefficient (Wildman–Crippen LogP) is 0.0850. The van der Waals surface area contributed by atoms with E-state index in [0.29, 0.717) is 32.1 Å². The molecule has 2 spiro atoms. The highest BCUT2D eigenvalue weighted by Gasteiger charge is 2.85. The summed E-state index contributed by atoms with van der Waals surface area (Å²) in [7, 11) is 0. The fourth-order valence-electron chi connectivity index (χ4n) is 15.2. The Morgan fingerprint density at radius 3 is 1.84 bits per heavy atom. The molecule has 8 fully saturated rings. The zero-order valence-corrected chi connectivity index (χ0v) is 34.6. The first kappa shape index (κ1) is 43.1. The van der Waals surface area contributed by atoms with Gasteiger partial charge in [-0.15, -0.1) is 0 Å². The second-order valence-corrected chi connectivity index (χ2v) is 21.5. The van der Waals surface area contributed by atoms with Gasteiger partial charge in [0.25, 0.3) is 0 Å². The number of aliphatic hydroxyl groups excluding tert-OH is 10. The molecule has 0 aromatic heterocycles. The molecule has 0 unspecified atom stereocenters. The monoisotopic (exact) mass is 814 g/mol. The first-order chi connectivity index (χ1) is 26.5. The minimum atomic E-state index is -1.56. The van der Waals surface area contributed by atoms with E-state index in [1.54, 1.807) is 0 Å². The van der Waals surface area contributed by atoms with Crippen molar-refractivity contribution in [1.82, 2.24) is 0 Å². The van der Waals surface area contributed by atoms with Crippen molar-refractivity contribution >= 4 is 0 Å². The molecule has 5 aliphatic carbocycles. The van der Waals surface area contributed by atoms with Crippen molar-refractivity contribution in [2.75, 3.05) is 13.2 Å².